The molecule has 1 aromatic carbocycles. The van der Waals surface area contributed by atoms with Crippen LogP contribution in [0.1, 0.15) is 27.2 Å². The van der Waals surface area contributed by atoms with E-state index in [-0.39, 0.29) is 0 Å². The van der Waals surface area contributed by atoms with Gasteiger partial charge >= 0.3 is 8.80 Å². The maximum absolute atomic E-state index is 5.65. The van der Waals surface area contributed by atoms with E-state index < -0.39 is 8.80 Å². The topological polar surface area (TPSA) is 53.7 Å². The summed E-state index contributed by atoms with van der Waals surface area (Å²) in [7, 11) is -2.40. The molecule has 0 spiro atoms. The molecule has 0 heterocycles. The number of hydrogen-bond acceptors (Lipinski definition) is 4. The van der Waals surface area contributed by atoms with E-state index >= 15 is 0 Å². The van der Waals surface area contributed by atoms with Crippen molar-refractivity contribution in [1.82, 2.24) is 0 Å². The van der Waals surface area contributed by atoms with Crippen molar-refractivity contribution in [2.24, 2.45) is 5.73 Å². The van der Waals surface area contributed by atoms with Gasteiger partial charge in [0.2, 0.25) is 0 Å². The predicted octanol–water partition coefficient (Wildman–Crippen LogP) is 3.07. The molecule has 0 unspecified atom stereocenters. The van der Waals surface area contributed by atoms with Crippen LogP contribution in [-0.4, -0.2) is 35.2 Å². The Balaban J connectivity index is 0.000000493. The first-order valence-electron chi connectivity index (χ1n) is 7.36. The third kappa shape index (κ3) is 9.22. The number of nitrogens with two attached hydrogens (primary N) is 1. The zero-order valence-corrected chi connectivity index (χ0v) is 14.0. The fourth-order valence-electron chi connectivity index (χ4n) is 1.70. The van der Waals surface area contributed by atoms with Gasteiger partial charge in [0.1, 0.15) is 0 Å². The van der Waals surface area contributed by atoms with Gasteiger partial charge in [-0.3, -0.25) is 0 Å². The molecule has 0 saturated heterocycles. The molecule has 0 fully saturated rings. The van der Waals surface area contributed by atoms with Crippen molar-refractivity contribution in [2.45, 2.75) is 33.2 Å². The Kier molecular flexibility index (Phi) is 12.8. The SMILES string of the molecule is CCO[Si](CCCN)(OCC)OCC.c1ccccc1. The van der Waals surface area contributed by atoms with Gasteiger partial charge < -0.3 is 19.0 Å². The molecule has 0 amide bonds. The van der Waals surface area contributed by atoms with Crippen LogP contribution in [0.15, 0.2) is 36.4 Å². The Morgan fingerprint density at radius 3 is 1.35 bits per heavy atom. The second-order valence-electron chi connectivity index (χ2n) is 4.03. The average Bonchev–Trinajstić information content (AvgIpc) is 2.48. The second kappa shape index (κ2) is 13.3. The van der Waals surface area contributed by atoms with E-state index in [9.17, 15) is 0 Å². The van der Waals surface area contributed by atoms with Gasteiger partial charge in [-0.15, -0.1) is 0 Å². The Morgan fingerprint density at radius 1 is 0.750 bits per heavy atom. The quantitative estimate of drug-likeness (QED) is 0.712. The smallest absolute Gasteiger partial charge is 0.374 e. The highest BCUT2D eigenvalue weighted by molar-refractivity contribution is 6.60. The normalized spacial score (nSPS) is 10.8. The lowest BCUT2D eigenvalue weighted by Gasteiger charge is -2.28. The van der Waals surface area contributed by atoms with Crippen LogP contribution in [0.25, 0.3) is 0 Å². The Hall–Kier alpha value is -0.723. The molecular weight excluding hydrogens is 270 g/mol. The Morgan fingerprint density at radius 2 is 1.10 bits per heavy atom. The van der Waals surface area contributed by atoms with Crippen molar-refractivity contribution in [2.75, 3.05) is 26.4 Å². The standard InChI is InChI=1S/C9H23NO3Si.C6H6/c1-4-11-14(12-5-2,13-6-3)9-7-8-10;1-2-4-6-5-3-1/h4-10H2,1-3H3;1-6H. The van der Waals surface area contributed by atoms with Gasteiger partial charge in [0, 0.05) is 25.9 Å². The number of rotatable bonds is 9. The largest absolute Gasteiger partial charge is 0.500 e. The van der Waals surface area contributed by atoms with Gasteiger partial charge in [-0.2, -0.15) is 0 Å². The molecule has 0 bridgehead atoms. The number of benzene rings is 1. The minimum atomic E-state index is -2.40. The lowest BCUT2D eigenvalue weighted by atomic mass is 10.4. The molecule has 1 rings (SSSR count). The van der Waals surface area contributed by atoms with Gasteiger partial charge in [-0.25, -0.2) is 0 Å². The van der Waals surface area contributed by atoms with E-state index in [4.69, 9.17) is 19.0 Å². The summed E-state index contributed by atoms with van der Waals surface area (Å²) in [5.74, 6) is 0. The van der Waals surface area contributed by atoms with Crippen molar-refractivity contribution in [3.05, 3.63) is 36.4 Å². The molecule has 1 aromatic rings. The molecule has 0 radical (unpaired) electrons. The highest BCUT2D eigenvalue weighted by Crippen LogP contribution is 2.17. The van der Waals surface area contributed by atoms with E-state index in [1.807, 2.05) is 57.2 Å². The fraction of sp³-hybridized carbons (Fsp3) is 0.600. The van der Waals surface area contributed by atoms with Gasteiger partial charge in [0.15, 0.2) is 0 Å². The minimum absolute atomic E-state index is 0.636. The molecule has 2 N–H and O–H groups in total. The van der Waals surface area contributed by atoms with Crippen molar-refractivity contribution in [1.29, 1.82) is 0 Å². The van der Waals surface area contributed by atoms with Crippen LogP contribution in [-0.2, 0) is 13.3 Å². The van der Waals surface area contributed by atoms with Crippen LogP contribution >= 0.6 is 0 Å². The van der Waals surface area contributed by atoms with Crippen molar-refractivity contribution >= 4 is 8.80 Å². The van der Waals surface area contributed by atoms with E-state index in [0.717, 1.165) is 12.5 Å². The summed E-state index contributed by atoms with van der Waals surface area (Å²) in [6.45, 7) is 8.44. The summed E-state index contributed by atoms with van der Waals surface area (Å²) in [6, 6.07) is 12.8. The third-order valence-corrected chi connectivity index (χ3v) is 5.60. The summed E-state index contributed by atoms with van der Waals surface area (Å²) in [4.78, 5) is 0. The zero-order chi connectivity index (χ0) is 15.1. The maximum Gasteiger partial charge on any atom is 0.500 e. The van der Waals surface area contributed by atoms with E-state index in [1.165, 1.54) is 0 Å². The zero-order valence-electron chi connectivity index (χ0n) is 13.0. The maximum atomic E-state index is 5.65. The highest BCUT2D eigenvalue weighted by atomic mass is 28.4. The molecule has 0 aliphatic rings. The first-order chi connectivity index (χ1) is 9.74. The number of hydrogen-bond donors (Lipinski definition) is 1. The lowest BCUT2D eigenvalue weighted by Crippen LogP contribution is -2.46. The molecule has 0 aliphatic heterocycles. The van der Waals surface area contributed by atoms with Gasteiger partial charge in [-0.1, -0.05) is 36.4 Å². The van der Waals surface area contributed by atoms with Crippen molar-refractivity contribution in [3.63, 3.8) is 0 Å². The van der Waals surface area contributed by atoms with Crippen LogP contribution in [0, 0.1) is 0 Å². The predicted molar refractivity (Wildman–Crippen MR) is 85.6 cm³/mol. The van der Waals surface area contributed by atoms with Crippen LogP contribution in [0.3, 0.4) is 0 Å². The van der Waals surface area contributed by atoms with E-state index in [2.05, 4.69) is 0 Å². The molecule has 0 aromatic heterocycles. The van der Waals surface area contributed by atoms with Crippen LogP contribution in [0.2, 0.25) is 6.04 Å². The molecule has 4 nitrogen and oxygen atoms in total. The molecule has 5 heteroatoms. The van der Waals surface area contributed by atoms with Crippen LogP contribution in [0.4, 0.5) is 0 Å². The average molecular weight is 299 g/mol. The van der Waals surface area contributed by atoms with E-state index in [1.54, 1.807) is 0 Å². The molecule has 20 heavy (non-hydrogen) atoms. The molecule has 0 saturated carbocycles. The van der Waals surface area contributed by atoms with Gasteiger partial charge in [0.05, 0.1) is 0 Å². The second-order valence-corrected chi connectivity index (χ2v) is 6.76. The third-order valence-electron chi connectivity index (χ3n) is 2.45. The minimum Gasteiger partial charge on any atom is -0.374 e. The first-order valence-corrected chi connectivity index (χ1v) is 9.29. The summed E-state index contributed by atoms with van der Waals surface area (Å²) in [6.07, 6.45) is 0.895. The lowest BCUT2D eigenvalue weighted by molar-refractivity contribution is 0.0710. The van der Waals surface area contributed by atoms with Crippen LogP contribution < -0.4 is 5.73 Å². The Bertz CT molecular complexity index is 255. The van der Waals surface area contributed by atoms with Crippen molar-refractivity contribution < 1.29 is 13.3 Å². The van der Waals surface area contributed by atoms with E-state index in [0.29, 0.717) is 26.4 Å². The summed E-state index contributed by atoms with van der Waals surface area (Å²) in [5, 5.41) is 0. The molecule has 116 valence electrons. The van der Waals surface area contributed by atoms with Gasteiger partial charge in [-0.05, 0) is 33.7 Å². The molecular formula is C15H29NO3Si. The Labute approximate surface area is 124 Å². The first kappa shape index (κ1) is 19.3. The van der Waals surface area contributed by atoms with Crippen molar-refractivity contribution in [3.8, 4) is 0 Å². The fourth-order valence-corrected chi connectivity index (χ4v) is 4.34. The monoisotopic (exact) mass is 299 g/mol. The van der Waals surface area contributed by atoms with Gasteiger partial charge in [0.25, 0.3) is 0 Å². The molecule has 0 aliphatic carbocycles. The van der Waals surface area contributed by atoms with Crippen LogP contribution in [0.5, 0.6) is 0 Å². The summed E-state index contributed by atoms with van der Waals surface area (Å²) >= 11 is 0. The molecule has 0 atom stereocenters. The highest BCUT2D eigenvalue weighted by Gasteiger charge is 2.39. The summed E-state index contributed by atoms with van der Waals surface area (Å²) in [5.41, 5.74) is 5.48. The summed E-state index contributed by atoms with van der Waals surface area (Å²) < 4.78 is 17.0.